The van der Waals surface area contributed by atoms with Gasteiger partial charge in [-0.1, -0.05) is 30.3 Å². The molecule has 3 heterocycles. The number of nitrogens with one attached hydrogen (secondary N) is 1. The van der Waals surface area contributed by atoms with Crippen LogP contribution in [0, 0.1) is 0 Å². The van der Waals surface area contributed by atoms with Gasteiger partial charge in [0.05, 0.1) is 18.3 Å². The minimum atomic E-state index is -0.230. The quantitative estimate of drug-likeness (QED) is 0.556. The molecular weight excluding hydrogens is 390 g/mol. The monoisotopic (exact) mass is 411 g/mol. The first kappa shape index (κ1) is 19.0. The highest BCUT2D eigenvalue weighted by atomic mass is 16.2. The number of hydrogen-bond acceptors (Lipinski definition) is 4. The van der Waals surface area contributed by atoms with Crippen LogP contribution in [-0.2, 0) is 17.8 Å². The standard InChI is InChI=1S/C24H21N5O2/c1-16(30)28-10-9-18-12-21(7-8-22(18)28)27-24(31)20-11-19-14-26-29(23(19)25-13-20)15-17-5-3-2-4-6-17/h2-8,11-14H,9-10,15H2,1H3,(H,27,31). The van der Waals surface area contributed by atoms with E-state index in [0.717, 1.165) is 34.3 Å². The van der Waals surface area contributed by atoms with Crippen LogP contribution in [0.5, 0.6) is 0 Å². The third-order valence-electron chi connectivity index (χ3n) is 5.53. The van der Waals surface area contributed by atoms with Crippen molar-refractivity contribution in [2.24, 2.45) is 0 Å². The second kappa shape index (κ2) is 7.68. The van der Waals surface area contributed by atoms with E-state index >= 15 is 0 Å². The predicted molar refractivity (Wildman–Crippen MR) is 119 cm³/mol. The van der Waals surface area contributed by atoms with Crippen LogP contribution in [0.2, 0.25) is 0 Å². The number of nitrogens with zero attached hydrogens (tertiary/aromatic N) is 4. The molecule has 5 rings (SSSR count). The van der Waals surface area contributed by atoms with Gasteiger partial charge in [0.25, 0.3) is 5.91 Å². The summed E-state index contributed by atoms with van der Waals surface area (Å²) >= 11 is 0. The number of pyridine rings is 1. The zero-order chi connectivity index (χ0) is 21.4. The summed E-state index contributed by atoms with van der Waals surface area (Å²) in [7, 11) is 0. The third-order valence-corrected chi connectivity index (χ3v) is 5.53. The predicted octanol–water partition coefficient (Wildman–Crippen LogP) is 3.64. The van der Waals surface area contributed by atoms with E-state index in [1.165, 1.54) is 0 Å². The van der Waals surface area contributed by atoms with Gasteiger partial charge < -0.3 is 10.2 Å². The highest BCUT2D eigenvalue weighted by Crippen LogP contribution is 2.30. The molecule has 0 unspecified atom stereocenters. The average Bonchev–Trinajstić information content (AvgIpc) is 3.38. The number of aromatic nitrogens is 3. The van der Waals surface area contributed by atoms with E-state index < -0.39 is 0 Å². The molecule has 0 bridgehead atoms. The number of rotatable bonds is 4. The fourth-order valence-electron chi connectivity index (χ4n) is 3.98. The first-order valence-corrected chi connectivity index (χ1v) is 10.2. The van der Waals surface area contributed by atoms with E-state index in [1.807, 2.05) is 53.2 Å². The highest BCUT2D eigenvalue weighted by Gasteiger charge is 2.22. The smallest absolute Gasteiger partial charge is 0.257 e. The van der Waals surface area contributed by atoms with E-state index in [9.17, 15) is 9.59 Å². The molecule has 1 aliphatic rings. The maximum Gasteiger partial charge on any atom is 0.257 e. The van der Waals surface area contributed by atoms with Crippen molar-refractivity contribution in [1.82, 2.24) is 14.8 Å². The summed E-state index contributed by atoms with van der Waals surface area (Å²) in [4.78, 5) is 30.7. The Hall–Kier alpha value is -4.00. The van der Waals surface area contributed by atoms with Gasteiger partial charge in [-0.3, -0.25) is 9.59 Å². The lowest BCUT2D eigenvalue weighted by Gasteiger charge is -2.15. The van der Waals surface area contributed by atoms with Crippen molar-refractivity contribution in [3.05, 3.63) is 83.7 Å². The number of anilines is 2. The number of amides is 2. The summed E-state index contributed by atoms with van der Waals surface area (Å²) in [5.41, 5.74) is 5.02. The maximum absolute atomic E-state index is 12.8. The van der Waals surface area contributed by atoms with Gasteiger partial charge in [-0.25, -0.2) is 9.67 Å². The Balaban J connectivity index is 1.34. The van der Waals surface area contributed by atoms with Crippen LogP contribution >= 0.6 is 0 Å². The van der Waals surface area contributed by atoms with Crippen LogP contribution in [0.1, 0.15) is 28.4 Å². The zero-order valence-corrected chi connectivity index (χ0v) is 17.1. The zero-order valence-electron chi connectivity index (χ0n) is 17.1. The molecule has 0 fully saturated rings. The van der Waals surface area contributed by atoms with Crippen LogP contribution < -0.4 is 10.2 Å². The minimum Gasteiger partial charge on any atom is -0.322 e. The van der Waals surface area contributed by atoms with E-state index in [1.54, 1.807) is 30.3 Å². The molecule has 154 valence electrons. The van der Waals surface area contributed by atoms with Gasteiger partial charge >= 0.3 is 0 Å². The number of carbonyl (C=O) groups excluding carboxylic acids is 2. The van der Waals surface area contributed by atoms with E-state index in [4.69, 9.17) is 0 Å². The minimum absolute atomic E-state index is 0.0303. The first-order chi connectivity index (χ1) is 15.1. The summed E-state index contributed by atoms with van der Waals surface area (Å²) in [6.45, 7) is 2.86. The molecule has 4 aromatic rings. The molecule has 1 aliphatic heterocycles. The second-order valence-electron chi connectivity index (χ2n) is 7.64. The molecule has 2 aromatic heterocycles. The SMILES string of the molecule is CC(=O)N1CCc2cc(NC(=O)c3cnc4c(cnn4Cc4ccccc4)c3)ccc21. The Morgan fingerprint density at radius 2 is 1.90 bits per heavy atom. The van der Waals surface area contributed by atoms with Gasteiger partial charge in [0.1, 0.15) is 0 Å². The normalized spacial score (nSPS) is 12.7. The number of carbonyl (C=O) groups is 2. The molecule has 0 radical (unpaired) electrons. The van der Waals surface area contributed by atoms with E-state index in [0.29, 0.717) is 24.3 Å². The molecule has 0 aliphatic carbocycles. The van der Waals surface area contributed by atoms with Crippen molar-refractivity contribution in [3.8, 4) is 0 Å². The Kier molecular flexibility index (Phi) is 4.71. The number of fused-ring (bicyclic) bond motifs is 2. The molecule has 7 nitrogen and oxygen atoms in total. The van der Waals surface area contributed by atoms with Crippen molar-refractivity contribution in [2.75, 3.05) is 16.8 Å². The second-order valence-corrected chi connectivity index (χ2v) is 7.64. The van der Waals surface area contributed by atoms with Crippen molar-refractivity contribution in [3.63, 3.8) is 0 Å². The van der Waals surface area contributed by atoms with Crippen LogP contribution in [0.15, 0.2) is 67.0 Å². The molecule has 0 saturated carbocycles. The lowest BCUT2D eigenvalue weighted by molar-refractivity contribution is -0.116. The Labute approximate surface area is 179 Å². The largest absolute Gasteiger partial charge is 0.322 e. The fourth-order valence-corrected chi connectivity index (χ4v) is 3.98. The first-order valence-electron chi connectivity index (χ1n) is 10.2. The van der Waals surface area contributed by atoms with Crippen molar-refractivity contribution in [1.29, 1.82) is 0 Å². The topological polar surface area (TPSA) is 80.1 Å². The van der Waals surface area contributed by atoms with Crippen LogP contribution in [-0.4, -0.2) is 33.1 Å². The van der Waals surface area contributed by atoms with Gasteiger partial charge in [-0.05, 0) is 41.8 Å². The lowest BCUT2D eigenvalue weighted by Crippen LogP contribution is -2.25. The van der Waals surface area contributed by atoms with Crippen LogP contribution in [0.4, 0.5) is 11.4 Å². The molecular formula is C24H21N5O2. The average molecular weight is 411 g/mol. The van der Waals surface area contributed by atoms with Crippen LogP contribution in [0.3, 0.4) is 0 Å². The van der Waals surface area contributed by atoms with Crippen molar-refractivity contribution >= 4 is 34.2 Å². The maximum atomic E-state index is 12.8. The highest BCUT2D eigenvalue weighted by molar-refractivity contribution is 6.06. The Morgan fingerprint density at radius 3 is 2.71 bits per heavy atom. The summed E-state index contributed by atoms with van der Waals surface area (Å²) in [6.07, 6.45) is 4.09. The molecule has 1 N–H and O–H groups in total. The molecule has 31 heavy (non-hydrogen) atoms. The Morgan fingerprint density at radius 1 is 1.06 bits per heavy atom. The summed E-state index contributed by atoms with van der Waals surface area (Å²) in [5, 5.41) is 8.17. The van der Waals surface area contributed by atoms with Crippen molar-refractivity contribution in [2.45, 2.75) is 19.9 Å². The van der Waals surface area contributed by atoms with Gasteiger partial charge in [0.15, 0.2) is 5.65 Å². The van der Waals surface area contributed by atoms with Gasteiger partial charge in [-0.15, -0.1) is 0 Å². The molecule has 0 atom stereocenters. The molecule has 2 aromatic carbocycles. The van der Waals surface area contributed by atoms with Crippen LogP contribution in [0.25, 0.3) is 11.0 Å². The van der Waals surface area contributed by atoms with E-state index in [2.05, 4.69) is 15.4 Å². The molecule has 7 heteroatoms. The summed E-state index contributed by atoms with van der Waals surface area (Å²) < 4.78 is 1.83. The van der Waals surface area contributed by atoms with Gasteiger partial charge in [0.2, 0.25) is 5.91 Å². The van der Waals surface area contributed by atoms with E-state index in [-0.39, 0.29) is 11.8 Å². The number of benzene rings is 2. The molecule has 0 saturated heterocycles. The Bertz CT molecular complexity index is 1300. The van der Waals surface area contributed by atoms with Gasteiger partial charge in [0, 0.05) is 36.4 Å². The van der Waals surface area contributed by atoms with Crippen molar-refractivity contribution < 1.29 is 9.59 Å². The van der Waals surface area contributed by atoms with Gasteiger partial charge in [-0.2, -0.15) is 5.10 Å². The third kappa shape index (κ3) is 3.66. The summed E-state index contributed by atoms with van der Waals surface area (Å²) in [6, 6.07) is 17.5. The lowest BCUT2D eigenvalue weighted by atomic mass is 10.1. The molecule has 0 spiro atoms. The fraction of sp³-hybridized carbons (Fsp3) is 0.167. The number of hydrogen-bond donors (Lipinski definition) is 1. The summed E-state index contributed by atoms with van der Waals surface area (Å²) in [5.74, 6) is -0.200. The molecule has 2 amide bonds.